The highest BCUT2D eigenvalue weighted by Crippen LogP contribution is 2.16. The molecule has 3 N–H and O–H groups in total. The average Bonchev–Trinajstić information content (AvgIpc) is 2.83. The number of hydrogen-bond acceptors (Lipinski definition) is 3. The standard InChI is InChI=1S/C15H23N3O2/c1-11(19)13-3-5-14(6-4-13)17-15(20)16-9-12-7-8-18(2)10-12/h3-6,11-12,19H,7-10H2,1-2H3,(H2,16,17,20). The van der Waals surface area contributed by atoms with Gasteiger partial charge in [0, 0.05) is 18.8 Å². The number of hydrogen-bond donors (Lipinski definition) is 3. The second kappa shape index (κ2) is 6.72. The zero-order valence-electron chi connectivity index (χ0n) is 12.1. The van der Waals surface area contributed by atoms with E-state index >= 15 is 0 Å². The number of aliphatic hydroxyl groups is 1. The van der Waals surface area contributed by atoms with Crippen LogP contribution in [-0.2, 0) is 0 Å². The van der Waals surface area contributed by atoms with Gasteiger partial charge in [-0.25, -0.2) is 4.79 Å². The molecule has 1 fully saturated rings. The minimum Gasteiger partial charge on any atom is -0.389 e. The number of benzene rings is 1. The monoisotopic (exact) mass is 277 g/mol. The molecule has 1 aliphatic heterocycles. The van der Waals surface area contributed by atoms with Crippen molar-refractivity contribution in [2.24, 2.45) is 5.92 Å². The van der Waals surface area contributed by atoms with Crippen LogP contribution in [0.25, 0.3) is 0 Å². The highest BCUT2D eigenvalue weighted by Gasteiger charge is 2.19. The van der Waals surface area contributed by atoms with Crippen LogP contribution in [0.1, 0.15) is 25.0 Å². The molecule has 5 nitrogen and oxygen atoms in total. The van der Waals surface area contributed by atoms with E-state index in [1.54, 1.807) is 19.1 Å². The van der Waals surface area contributed by atoms with Gasteiger partial charge in [0.25, 0.3) is 0 Å². The van der Waals surface area contributed by atoms with Crippen LogP contribution in [0.4, 0.5) is 10.5 Å². The molecule has 0 aromatic heterocycles. The van der Waals surface area contributed by atoms with Crippen LogP contribution in [-0.4, -0.2) is 42.7 Å². The number of carbonyl (C=O) groups excluding carboxylic acids is 1. The molecule has 0 aliphatic carbocycles. The van der Waals surface area contributed by atoms with Crippen molar-refractivity contribution < 1.29 is 9.90 Å². The molecule has 1 aliphatic rings. The number of carbonyl (C=O) groups is 1. The second-order valence-corrected chi connectivity index (χ2v) is 5.55. The predicted octanol–water partition coefficient (Wildman–Crippen LogP) is 1.81. The molecule has 0 radical (unpaired) electrons. The first-order valence-electron chi connectivity index (χ1n) is 7.06. The third-order valence-corrected chi connectivity index (χ3v) is 3.69. The van der Waals surface area contributed by atoms with Gasteiger partial charge in [-0.1, -0.05) is 12.1 Å². The highest BCUT2D eigenvalue weighted by molar-refractivity contribution is 5.89. The molecule has 110 valence electrons. The quantitative estimate of drug-likeness (QED) is 0.786. The summed E-state index contributed by atoms with van der Waals surface area (Å²) < 4.78 is 0. The molecule has 2 amide bonds. The van der Waals surface area contributed by atoms with Gasteiger partial charge < -0.3 is 20.6 Å². The van der Waals surface area contributed by atoms with Gasteiger partial charge in [0.2, 0.25) is 0 Å². The number of nitrogens with zero attached hydrogens (tertiary/aromatic N) is 1. The fraction of sp³-hybridized carbons (Fsp3) is 0.533. The number of likely N-dealkylation sites (tertiary alicyclic amines) is 1. The van der Waals surface area contributed by atoms with Crippen LogP contribution >= 0.6 is 0 Å². The lowest BCUT2D eigenvalue weighted by atomic mass is 10.1. The average molecular weight is 277 g/mol. The van der Waals surface area contributed by atoms with E-state index in [-0.39, 0.29) is 6.03 Å². The molecule has 2 unspecified atom stereocenters. The summed E-state index contributed by atoms with van der Waals surface area (Å²) in [6.45, 7) is 4.58. The van der Waals surface area contributed by atoms with Gasteiger partial charge in [0.15, 0.2) is 0 Å². The van der Waals surface area contributed by atoms with E-state index in [9.17, 15) is 9.90 Å². The Balaban J connectivity index is 1.76. The third-order valence-electron chi connectivity index (χ3n) is 3.69. The fourth-order valence-corrected chi connectivity index (χ4v) is 2.45. The minimum atomic E-state index is -0.489. The summed E-state index contributed by atoms with van der Waals surface area (Å²) in [4.78, 5) is 14.1. The van der Waals surface area contributed by atoms with E-state index in [2.05, 4.69) is 22.6 Å². The van der Waals surface area contributed by atoms with Crippen molar-refractivity contribution in [2.45, 2.75) is 19.4 Å². The lowest BCUT2D eigenvalue weighted by Gasteiger charge is -2.13. The molecule has 0 bridgehead atoms. The first-order valence-corrected chi connectivity index (χ1v) is 7.06. The van der Waals surface area contributed by atoms with Gasteiger partial charge in [0.1, 0.15) is 0 Å². The summed E-state index contributed by atoms with van der Waals surface area (Å²) in [5.74, 6) is 0.545. The summed E-state index contributed by atoms with van der Waals surface area (Å²) >= 11 is 0. The van der Waals surface area contributed by atoms with Gasteiger partial charge in [-0.2, -0.15) is 0 Å². The van der Waals surface area contributed by atoms with Crippen molar-refractivity contribution in [3.8, 4) is 0 Å². The molecule has 0 spiro atoms. The zero-order valence-corrected chi connectivity index (χ0v) is 12.1. The topological polar surface area (TPSA) is 64.6 Å². The van der Waals surface area contributed by atoms with Crippen molar-refractivity contribution in [3.63, 3.8) is 0 Å². The first kappa shape index (κ1) is 14.8. The summed E-state index contributed by atoms with van der Waals surface area (Å²) in [6, 6.07) is 7.04. The Morgan fingerprint density at radius 2 is 2.15 bits per heavy atom. The Labute approximate surface area is 120 Å². The summed E-state index contributed by atoms with van der Waals surface area (Å²) in [5.41, 5.74) is 1.57. The number of nitrogens with one attached hydrogen (secondary N) is 2. The summed E-state index contributed by atoms with van der Waals surface area (Å²) in [5, 5.41) is 15.1. The van der Waals surface area contributed by atoms with E-state index in [1.165, 1.54) is 0 Å². The molecule has 1 heterocycles. The lowest BCUT2D eigenvalue weighted by Crippen LogP contribution is -2.33. The second-order valence-electron chi connectivity index (χ2n) is 5.55. The van der Waals surface area contributed by atoms with Gasteiger partial charge in [-0.15, -0.1) is 0 Å². The van der Waals surface area contributed by atoms with Crippen molar-refractivity contribution in [2.75, 3.05) is 32.0 Å². The zero-order chi connectivity index (χ0) is 14.5. The number of aliphatic hydroxyl groups excluding tert-OH is 1. The Kier molecular flexibility index (Phi) is 4.98. The van der Waals surface area contributed by atoms with E-state index < -0.39 is 6.10 Å². The number of amides is 2. The van der Waals surface area contributed by atoms with Gasteiger partial charge in [-0.3, -0.25) is 0 Å². The molecule has 1 saturated heterocycles. The van der Waals surface area contributed by atoms with Crippen LogP contribution in [0.15, 0.2) is 24.3 Å². The van der Waals surface area contributed by atoms with E-state index in [0.717, 1.165) is 30.8 Å². The third kappa shape index (κ3) is 4.21. The largest absolute Gasteiger partial charge is 0.389 e. The van der Waals surface area contributed by atoms with Crippen LogP contribution in [0.2, 0.25) is 0 Å². The highest BCUT2D eigenvalue weighted by atomic mass is 16.3. The SMILES string of the molecule is CC(O)c1ccc(NC(=O)NCC2CCN(C)C2)cc1. The minimum absolute atomic E-state index is 0.177. The van der Waals surface area contributed by atoms with Crippen LogP contribution < -0.4 is 10.6 Å². The first-order chi connectivity index (χ1) is 9.54. The van der Waals surface area contributed by atoms with Gasteiger partial charge in [0.05, 0.1) is 6.10 Å². The molecular weight excluding hydrogens is 254 g/mol. The van der Waals surface area contributed by atoms with E-state index in [0.29, 0.717) is 12.5 Å². The normalized spacial score (nSPS) is 20.6. The van der Waals surface area contributed by atoms with E-state index in [1.807, 2.05) is 12.1 Å². The maximum absolute atomic E-state index is 11.8. The number of urea groups is 1. The molecule has 2 atom stereocenters. The van der Waals surface area contributed by atoms with Crippen molar-refractivity contribution in [1.82, 2.24) is 10.2 Å². The maximum atomic E-state index is 11.8. The molecule has 2 rings (SSSR count). The van der Waals surface area contributed by atoms with E-state index in [4.69, 9.17) is 0 Å². The Bertz CT molecular complexity index is 445. The molecule has 1 aromatic carbocycles. The lowest BCUT2D eigenvalue weighted by molar-refractivity contribution is 0.199. The Hall–Kier alpha value is -1.59. The van der Waals surface area contributed by atoms with Crippen molar-refractivity contribution in [3.05, 3.63) is 29.8 Å². The number of rotatable bonds is 4. The van der Waals surface area contributed by atoms with Crippen LogP contribution in [0, 0.1) is 5.92 Å². The fourth-order valence-electron chi connectivity index (χ4n) is 2.45. The summed E-state index contributed by atoms with van der Waals surface area (Å²) in [6.07, 6.45) is 0.650. The summed E-state index contributed by atoms with van der Waals surface area (Å²) in [7, 11) is 2.10. The molecule has 20 heavy (non-hydrogen) atoms. The predicted molar refractivity (Wildman–Crippen MR) is 79.7 cm³/mol. The molecular formula is C15H23N3O2. The Morgan fingerprint density at radius 3 is 2.70 bits per heavy atom. The Morgan fingerprint density at radius 1 is 1.45 bits per heavy atom. The van der Waals surface area contributed by atoms with Crippen molar-refractivity contribution in [1.29, 1.82) is 0 Å². The smallest absolute Gasteiger partial charge is 0.319 e. The molecule has 0 saturated carbocycles. The molecule has 1 aromatic rings. The van der Waals surface area contributed by atoms with Gasteiger partial charge in [-0.05, 0) is 50.6 Å². The number of anilines is 1. The molecule has 5 heteroatoms. The van der Waals surface area contributed by atoms with Crippen LogP contribution in [0.3, 0.4) is 0 Å². The maximum Gasteiger partial charge on any atom is 0.319 e. The van der Waals surface area contributed by atoms with Gasteiger partial charge >= 0.3 is 6.03 Å². The van der Waals surface area contributed by atoms with Crippen LogP contribution in [0.5, 0.6) is 0 Å². The van der Waals surface area contributed by atoms with Crippen molar-refractivity contribution >= 4 is 11.7 Å².